The van der Waals surface area contributed by atoms with Crippen molar-refractivity contribution in [2.24, 2.45) is 4.99 Å². The van der Waals surface area contributed by atoms with Crippen LogP contribution in [-0.2, 0) is 28.7 Å². The Balaban J connectivity index is 0. The quantitative estimate of drug-likeness (QED) is 0.185. The lowest BCUT2D eigenvalue weighted by atomic mass is 10.3. The molecular formula is C15H19NO6. The molecule has 0 aliphatic heterocycles. The Morgan fingerprint density at radius 2 is 1.32 bits per heavy atom. The maximum atomic E-state index is 10.7. The van der Waals surface area contributed by atoms with E-state index in [2.05, 4.69) is 34.2 Å². The molecule has 0 aromatic heterocycles. The summed E-state index contributed by atoms with van der Waals surface area (Å²) in [6, 6.07) is 0. The molecule has 0 saturated heterocycles. The number of carbonyl (C=O) groups is 3. The molecule has 0 atom stereocenters. The van der Waals surface area contributed by atoms with Crippen molar-refractivity contribution in [3.05, 3.63) is 36.5 Å². The van der Waals surface area contributed by atoms with Gasteiger partial charge in [-0.05, 0) is 20.8 Å². The molecule has 0 aliphatic rings. The predicted molar refractivity (Wildman–Crippen MR) is 79.5 cm³/mol. The Labute approximate surface area is 129 Å². The molecule has 0 saturated carbocycles. The van der Waals surface area contributed by atoms with Crippen LogP contribution in [0, 0.1) is 0 Å². The first kappa shape index (κ1) is 21.5. The smallest absolute Gasteiger partial charge is 0.340 e. The highest BCUT2D eigenvalue weighted by molar-refractivity contribution is 6.00. The molecule has 120 valence electrons. The van der Waals surface area contributed by atoms with E-state index in [0.717, 1.165) is 0 Å². The SMILES string of the molecule is C=C(C)C(=O)OC(=O)C(=C)C.C=C(C)C(=O)OCCN=C=O. The van der Waals surface area contributed by atoms with Crippen molar-refractivity contribution < 1.29 is 28.7 Å². The van der Waals surface area contributed by atoms with Gasteiger partial charge in [0, 0.05) is 16.7 Å². The molecule has 7 heteroatoms. The Kier molecular flexibility index (Phi) is 11.7. The van der Waals surface area contributed by atoms with Crippen molar-refractivity contribution in [2.45, 2.75) is 20.8 Å². The zero-order valence-electron chi connectivity index (χ0n) is 12.9. The van der Waals surface area contributed by atoms with Crippen LogP contribution in [0.1, 0.15) is 20.8 Å². The van der Waals surface area contributed by atoms with Gasteiger partial charge in [0.05, 0.1) is 6.54 Å². The van der Waals surface area contributed by atoms with Crippen LogP contribution in [0.3, 0.4) is 0 Å². The van der Waals surface area contributed by atoms with E-state index in [1.165, 1.54) is 19.9 Å². The molecule has 0 radical (unpaired) electrons. The van der Waals surface area contributed by atoms with Gasteiger partial charge in [-0.1, -0.05) is 19.7 Å². The number of carbonyl (C=O) groups excluding carboxylic acids is 4. The molecule has 0 rings (SSSR count). The fourth-order valence-electron chi connectivity index (χ4n) is 0.611. The largest absolute Gasteiger partial charge is 0.460 e. The monoisotopic (exact) mass is 309 g/mol. The summed E-state index contributed by atoms with van der Waals surface area (Å²) in [7, 11) is 0. The molecule has 0 amide bonds. The van der Waals surface area contributed by atoms with Crippen LogP contribution < -0.4 is 0 Å². The van der Waals surface area contributed by atoms with Gasteiger partial charge in [-0.15, -0.1) is 0 Å². The van der Waals surface area contributed by atoms with E-state index >= 15 is 0 Å². The second-order valence-electron chi connectivity index (χ2n) is 4.13. The third-order valence-corrected chi connectivity index (χ3v) is 1.73. The molecule has 0 heterocycles. The van der Waals surface area contributed by atoms with Crippen LogP contribution in [0.15, 0.2) is 41.4 Å². The van der Waals surface area contributed by atoms with Gasteiger partial charge in [-0.3, -0.25) is 0 Å². The summed E-state index contributed by atoms with van der Waals surface area (Å²) in [6.07, 6.45) is 1.33. The number of aliphatic imine (C=N–C) groups is 1. The van der Waals surface area contributed by atoms with Gasteiger partial charge < -0.3 is 9.47 Å². The second-order valence-corrected chi connectivity index (χ2v) is 4.13. The first-order chi connectivity index (χ1) is 10.1. The third-order valence-electron chi connectivity index (χ3n) is 1.73. The number of ether oxygens (including phenoxy) is 2. The second kappa shape index (κ2) is 12.0. The van der Waals surface area contributed by atoms with E-state index in [1.807, 2.05) is 0 Å². The minimum Gasteiger partial charge on any atom is -0.460 e. The van der Waals surface area contributed by atoms with Crippen molar-refractivity contribution in [1.29, 1.82) is 0 Å². The Morgan fingerprint density at radius 3 is 1.64 bits per heavy atom. The predicted octanol–water partition coefficient (Wildman–Crippen LogP) is 1.65. The van der Waals surface area contributed by atoms with E-state index in [9.17, 15) is 19.2 Å². The summed E-state index contributed by atoms with van der Waals surface area (Å²) in [6.45, 7) is 14.7. The van der Waals surface area contributed by atoms with E-state index in [0.29, 0.717) is 5.57 Å². The van der Waals surface area contributed by atoms with E-state index < -0.39 is 17.9 Å². The number of hydrogen-bond acceptors (Lipinski definition) is 7. The molecular weight excluding hydrogens is 290 g/mol. The van der Waals surface area contributed by atoms with Gasteiger partial charge in [0.25, 0.3) is 0 Å². The molecule has 0 unspecified atom stereocenters. The zero-order chi connectivity index (χ0) is 17.7. The van der Waals surface area contributed by atoms with Gasteiger partial charge in [-0.25, -0.2) is 24.2 Å². The highest BCUT2D eigenvalue weighted by Crippen LogP contribution is 1.97. The lowest BCUT2D eigenvalue weighted by Crippen LogP contribution is -2.12. The summed E-state index contributed by atoms with van der Waals surface area (Å²) in [4.78, 5) is 44.7. The van der Waals surface area contributed by atoms with Gasteiger partial charge in [0.15, 0.2) is 0 Å². The van der Waals surface area contributed by atoms with Crippen molar-refractivity contribution in [3.63, 3.8) is 0 Å². The van der Waals surface area contributed by atoms with Crippen LogP contribution in [-0.4, -0.2) is 37.1 Å². The van der Waals surface area contributed by atoms with Crippen LogP contribution in [0.4, 0.5) is 0 Å². The first-order valence-electron chi connectivity index (χ1n) is 6.07. The summed E-state index contributed by atoms with van der Waals surface area (Å²) >= 11 is 0. The Morgan fingerprint density at radius 1 is 0.909 bits per heavy atom. The number of nitrogens with zero attached hydrogens (tertiary/aromatic N) is 1. The zero-order valence-corrected chi connectivity index (χ0v) is 12.9. The summed E-state index contributed by atoms with van der Waals surface area (Å²) < 4.78 is 8.89. The van der Waals surface area contributed by atoms with E-state index in [-0.39, 0.29) is 24.3 Å². The van der Waals surface area contributed by atoms with Crippen molar-refractivity contribution >= 4 is 24.0 Å². The summed E-state index contributed by atoms with van der Waals surface area (Å²) in [5.41, 5.74) is 0.722. The van der Waals surface area contributed by atoms with Gasteiger partial charge in [-0.2, -0.15) is 0 Å². The highest BCUT2D eigenvalue weighted by atomic mass is 16.6. The summed E-state index contributed by atoms with van der Waals surface area (Å²) in [5.74, 6) is -1.89. The van der Waals surface area contributed by atoms with E-state index in [4.69, 9.17) is 0 Å². The standard InChI is InChI=1S/C8H10O3.C7H9NO3/c1-5(2)7(9)11-8(10)6(3)4;1-6(2)7(10)11-4-3-8-5-9/h1,3H2,2,4H3;1,3-4H2,2H3. The lowest BCUT2D eigenvalue weighted by Gasteiger charge is -1.99. The summed E-state index contributed by atoms with van der Waals surface area (Å²) in [5, 5.41) is 0. The van der Waals surface area contributed by atoms with Crippen LogP contribution in [0.5, 0.6) is 0 Å². The van der Waals surface area contributed by atoms with Crippen LogP contribution in [0.25, 0.3) is 0 Å². The minimum absolute atomic E-state index is 0.0981. The number of rotatable bonds is 6. The lowest BCUT2D eigenvalue weighted by molar-refractivity contribution is -0.154. The average Bonchev–Trinajstić information content (AvgIpc) is 2.43. The van der Waals surface area contributed by atoms with E-state index in [1.54, 1.807) is 6.92 Å². The number of hydrogen-bond donors (Lipinski definition) is 0. The molecule has 0 aromatic carbocycles. The molecule has 0 aromatic rings. The molecule has 0 fully saturated rings. The first-order valence-corrected chi connectivity index (χ1v) is 6.07. The highest BCUT2D eigenvalue weighted by Gasteiger charge is 2.10. The molecule has 7 nitrogen and oxygen atoms in total. The normalized spacial score (nSPS) is 8.32. The Hall–Kier alpha value is -2.79. The van der Waals surface area contributed by atoms with Crippen molar-refractivity contribution in [1.82, 2.24) is 0 Å². The van der Waals surface area contributed by atoms with Gasteiger partial charge in [0.2, 0.25) is 6.08 Å². The molecule has 0 bridgehead atoms. The number of isocyanates is 1. The van der Waals surface area contributed by atoms with Crippen molar-refractivity contribution in [2.75, 3.05) is 13.2 Å². The van der Waals surface area contributed by atoms with Gasteiger partial charge in [0.1, 0.15) is 6.61 Å². The average molecular weight is 309 g/mol. The maximum absolute atomic E-state index is 10.7. The third kappa shape index (κ3) is 12.3. The Bertz CT molecular complexity index is 502. The molecule has 0 aliphatic carbocycles. The fraction of sp³-hybridized carbons (Fsp3) is 0.333. The number of esters is 3. The minimum atomic E-state index is -0.710. The fourth-order valence-corrected chi connectivity index (χ4v) is 0.611. The molecule has 0 N–H and O–H groups in total. The van der Waals surface area contributed by atoms with Crippen molar-refractivity contribution in [3.8, 4) is 0 Å². The van der Waals surface area contributed by atoms with Crippen LogP contribution >= 0.6 is 0 Å². The molecule has 0 spiro atoms. The molecule has 22 heavy (non-hydrogen) atoms. The van der Waals surface area contributed by atoms with Gasteiger partial charge >= 0.3 is 17.9 Å². The topological polar surface area (TPSA) is 99.1 Å². The maximum Gasteiger partial charge on any atom is 0.340 e. The van der Waals surface area contributed by atoms with Crippen LogP contribution in [0.2, 0.25) is 0 Å².